The maximum Gasteiger partial charge on any atom is 0.314 e. The summed E-state index contributed by atoms with van der Waals surface area (Å²) in [4.78, 5) is 0. The Balaban J connectivity index is 2.80. The zero-order chi connectivity index (χ0) is 8.86. The summed E-state index contributed by atoms with van der Waals surface area (Å²) >= 11 is 0. The van der Waals surface area contributed by atoms with Crippen molar-refractivity contribution < 1.29 is 9.47 Å². The van der Waals surface area contributed by atoms with Gasteiger partial charge in [0.15, 0.2) is 0 Å². The normalized spacial score (nSPS) is 17.5. The lowest BCUT2D eigenvalue weighted by molar-refractivity contribution is -0.0774. The van der Waals surface area contributed by atoms with Gasteiger partial charge in [-0.3, -0.25) is 0 Å². The van der Waals surface area contributed by atoms with E-state index in [1.165, 1.54) is 24.7 Å². The van der Waals surface area contributed by atoms with Gasteiger partial charge in [-0.25, -0.2) is 0 Å². The molecule has 0 aromatic heterocycles. The topological polar surface area (TPSA) is 66.0 Å². The average Bonchev–Trinajstić information content (AvgIpc) is 2.07. The summed E-state index contributed by atoms with van der Waals surface area (Å²) in [6.07, 6.45) is 10.3. The van der Waals surface area contributed by atoms with Crippen molar-refractivity contribution >= 4 is 0 Å². The molecule has 4 heteroatoms. The smallest absolute Gasteiger partial charge is 0.314 e. The summed E-state index contributed by atoms with van der Waals surface area (Å²) in [5.41, 5.74) is 0. The second-order valence-electron chi connectivity index (χ2n) is 2.15. The van der Waals surface area contributed by atoms with Crippen molar-refractivity contribution in [3.05, 3.63) is 24.3 Å². The van der Waals surface area contributed by atoms with Gasteiger partial charge in [-0.2, -0.15) is 10.5 Å². The van der Waals surface area contributed by atoms with E-state index >= 15 is 0 Å². The average molecular weight is 162 g/mol. The largest absolute Gasteiger partial charge is 0.373 e. The molecule has 0 spiro atoms. The second kappa shape index (κ2) is 3.45. The Bertz CT molecular complexity index is 263. The van der Waals surface area contributed by atoms with Gasteiger partial charge >= 0.3 is 5.79 Å². The van der Waals surface area contributed by atoms with E-state index < -0.39 is 5.79 Å². The van der Waals surface area contributed by atoms with Crippen LogP contribution in [0.25, 0.3) is 0 Å². The summed E-state index contributed by atoms with van der Waals surface area (Å²) in [7, 11) is 0. The highest BCUT2D eigenvalue weighted by atomic mass is 16.7. The Labute approximate surface area is 69.9 Å². The van der Waals surface area contributed by atoms with E-state index in [1.54, 1.807) is 12.2 Å². The molecule has 0 N–H and O–H groups in total. The molecule has 0 saturated carbocycles. The number of hydrogen-bond acceptors (Lipinski definition) is 4. The molecule has 1 aliphatic rings. The summed E-state index contributed by atoms with van der Waals surface area (Å²) in [5.74, 6) is -1.30. The number of allylic oxidation sites excluding steroid dienone is 2. The minimum absolute atomic E-state index is 0.755. The summed E-state index contributed by atoms with van der Waals surface area (Å²) in [5, 5.41) is 16.6. The summed E-state index contributed by atoms with van der Waals surface area (Å²) in [6.45, 7) is 0. The van der Waals surface area contributed by atoms with Gasteiger partial charge in [0.2, 0.25) is 0 Å². The fourth-order valence-corrected chi connectivity index (χ4v) is 0.898. The Kier molecular flexibility index (Phi) is 2.35. The van der Waals surface area contributed by atoms with E-state index in [1.807, 2.05) is 0 Å². The molecule has 0 unspecified atom stereocenters. The van der Waals surface area contributed by atoms with Crippen LogP contribution in [0.4, 0.5) is 0 Å². The van der Waals surface area contributed by atoms with Crippen LogP contribution in [-0.4, -0.2) is 5.79 Å². The first kappa shape index (κ1) is 8.16. The molecule has 4 nitrogen and oxygen atoms in total. The van der Waals surface area contributed by atoms with Crippen LogP contribution in [0.3, 0.4) is 0 Å². The third-order valence-corrected chi connectivity index (χ3v) is 1.38. The highest BCUT2D eigenvalue weighted by molar-refractivity contribution is 5.17. The van der Waals surface area contributed by atoms with Crippen LogP contribution < -0.4 is 0 Å². The van der Waals surface area contributed by atoms with Gasteiger partial charge in [-0.15, -0.1) is 0 Å². The van der Waals surface area contributed by atoms with Gasteiger partial charge in [0.05, 0.1) is 0 Å². The van der Waals surface area contributed by atoms with Gasteiger partial charge in [0.25, 0.3) is 12.5 Å². The van der Waals surface area contributed by atoms with Crippen LogP contribution in [-0.2, 0) is 9.47 Å². The van der Waals surface area contributed by atoms with E-state index in [2.05, 4.69) is 9.47 Å². The predicted molar refractivity (Wildman–Crippen MR) is 39.0 cm³/mol. The van der Waals surface area contributed by atoms with Crippen molar-refractivity contribution in [2.75, 3.05) is 0 Å². The fourth-order valence-electron chi connectivity index (χ4n) is 0.898. The van der Waals surface area contributed by atoms with E-state index in [0.717, 1.165) is 6.42 Å². The van der Waals surface area contributed by atoms with Crippen molar-refractivity contribution in [3.63, 3.8) is 0 Å². The van der Waals surface area contributed by atoms with E-state index in [0.29, 0.717) is 0 Å². The minimum Gasteiger partial charge on any atom is -0.373 e. The molecule has 1 aliphatic carbocycles. The highest BCUT2D eigenvalue weighted by Gasteiger charge is 2.29. The van der Waals surface area contributed by atoms with Gasteiger partial charge in [-0.05, 0) is 6.42 Å². The molecule has 1 rings (SSSR count). The van der Waals surface area contributed by atoms with Gasteiger partial charge < -0.3 is 9.47 Å². The van der Waals surface area contributed by atoms with Crippen molar-refractivity contribution in [2.45, 2.75) is 12.2 Å². The van der Waals surface area contributed by atoms with Crippen molar-refractivity contribution in [3.8, 4) is 12.5 Å². The Morgan fingerprint density at radius 3 is 2.00 bits per heavy atom. The molecule has 12 heavy (non-hydrogen) atoms. The zero-order valence-corrected chi connectivity index (χ0v) is 6.23. The number of ether oxygens (including phenoxy) is 2. The summed E-state index contributed by atoms with van der Waals surface area (Å²) in [6, 6.07) is 0. The zero-order valence-electron chi connectivity index (χ0n) is 6.23. The highest BCUT2D eigenvalue weighted by Crippen LogP contribution is 2.20. The SMILES string of the molecule is N#COC1(OC#N)C=CCC=C1. The Hall–Kier alpha value is -1.94. The van der Waals surface area contributed by atoms with Gasteiger partial charge in [-0.1, -0.05) is 12.2 Å². The standard InChI is InChI=1S/C8H6N2O2/c9-6-11-8(12-7-10)4-2-1-3-5-8/h2-5H,1H2. The molecule has 0 saturated heterocycles. The molecule has 60 valence electrons. The van der Waals surface area contributed by atoms with Crippen molar-refractivity contribution in [1.82, 2.24) is 0 Å². The molecule has 0 heterocycles. The third kappa shape index (κ3) is 1.56. The first-order valence-electron chi connectivity index (χ1n) is 3.32. The third-order valence-electron chi connectivity index (χ3n) is 1.38. The predicted octanol–water partition coefficient (Wildman–Crippen LogP) is 1.19. The fraction of sp³-hybridized carbons (Fsp3) is 0.250. The molecule has 0 aliphatic heterocycles. The first-order chi connectivity index (χ1) is 5.83. The van der Waals surface area contributed by atoms with Crippen LogP contribution in [0, 0.1) is 23.0 Å². The number of nitrogens with zero attached hydrogens (tertiary/aromatic N) is 2. The monoisotopic (exact) mass is 162 g/mol. The van der Waals surface area contributed by atoms with E-state index in [9.17, 15) is 0 Å². The minimum atomic E-state index is -1.30. The molecule has 0 atom stereocenters. The van der Waals surface area contributed by atoms with Gasteiger partial charge in [0.1, 0.15) is 0 Å². The lowest BCUT2D eigenvalue weighted by Gasteiger charge is -2.21. The van der Waals surface area contributed by atoms with Crippen molar-refractivity contribution in [2.24, 2.45) is 0 Å². The molecule has 0 aromatic rings. The molecular formula is C8H6N2O2. The molecule has 0 bridgehead atoms. The Morgan fingerprint density at radius 1 is 1.08 bits per heavy atom. The molecule has 0 fully saturated rings. The second-order valence-corrected chi connectivity index (χ2v) is 2.15. The maximum absolute atomic E-state index is 8.28. The van der Waals surface area contributed by atoms with Crippen molar-refractivity contribution in [1.29, 1.82) is 10.5 Å². The lowest BCUT2D eigenvalue weighted by Crippen LogP contribution is -2.28. The van der Waals surface area contributed by atoms with E-state index in [-0.39, 0.29) is 0 Å². The quantitative estimate of drug-likeness (QED) is 0.347. The van der Waals surface area contributed by atoms with Gasteiger partial charge in [0, 0.05) is 12.2 Å². The van der Waals surface area contributed by atoms with Crippen LogP contribution >= 0.6 is 0 Å². The van der Waals surface area contributed by atoms with Crippen LogP contribution in [0.1, 0.15) is 6.42 Å². The lowest BCUT2D eigenvalue weighted by atomic mass is 10.1. The Morgan fingerprint density at radius 2 is 1.58 bits per heavy atom. The van der Waals surface area contributed by atoms with Crippen LogP contribution in [0.15, 0.2) is 24.3 Å². The number of hydrogen-bond donors (Lipinski definition) is 0. The number of nitriles is 2. The maximum atomic E-state index is 8.28. The van der Waals surface area contributed by atoms with Crippen LogP contribution in [0.5, 0.6) is 0 Å². The van der Waals surface area contributed by atoms with E-state index in [4.69, 9.17) is 10.5 Å². The first-order valence-corrected chi connectivity index (χ1v) is 3.32. The summed E-state index contributed by atoms with van der Waals surface area (Å²) < 4.78 is 9.20. The number of rotatable bonds is 2. The molecule has 0 aromatic carbocycles. The molecule has 0 radical (unpaired) electrons. The molecule has 0 amide bonds. The molecular weight excluding hydrogens is 156 g/mol. The van der Waals surface area contributed by atoms with Crippen LogP contribution in [0.2, 0.25) is 0 Å².